The highest BCUT2D eigenvalue weighted by atomic mass is 16.6. The SMILES string of the molecule is CC12OC1C[C@]1(C)CCCC(C)(C)[C@@]13C[C@@H]23.CC1C(=O)C[C@]2(C)CCCC(C)(C)[C@@]23C[C@@H]13. The molecule has 7 rings (SSSR count). The molecule has 0 amide bonds. The largest absolute Gasteiger partial charge is 0.366 e. The highest BCUT2D eigenvalue weighted by Crippen LogP contribution is 2.85. The zero-order chi connectivity index (χ0) is 23.2. The zero-order valence-corrected chi connectivity index (χ0v) is 22.2. The molecule has 1 saturated heterocycles. The van der Waals surface area contributed by atoms with Crippen LogP contribution in [0.3, 0.4) is 0 Å². The van der Waals surface area contributed by atoms with Crippen LogP contribution >= 0.6 is 0 Å². The molecule has 7 aliphatic rings. The molecule has 3 unspecified atom stereocenters. The molecule has 7 fully saturated rings. The Morgan fingerprint density at radius 1 is 0.750 bits per heavy atom. The Kier molecular flexibility index (Phi) is 4.06. The molecule has 0 bridgehead atoms. The van der Waals surface area contributed by atoms with Crippen LogP contribution in [0.4, 0.5) is 0 Å². The lowest BCUT2D eigenvalue weighted by atomic mass is 9.48. The Labute approximate surface area is 197 Å². The molecule has 9 atom stereocenters. The summed E-state index contributed by atoms with van der Waals surface area (Å²) in [5, 5.41) is 0. The van der Waals surface area contributed by atoms with E-state index in [4.69, 9.17) is 4.74 Å². The Balaban J connectivity index is 0.000000122. The van der Waals surface area contributed by atoms with Crippen molar-refractivity contribution in [2.45, 2.75) is 131 Å². The first-order valence-corrected chi connectivity index (χ1v) is 13.9. The summed E-state index contributed by atoms with van der Waals surface area (Å²) in [4.78, 5) is 12.1. The van der Waals surface area contributed by atoms with Crippen molar-refractivity contribution >= 4 is 5.78 Å². The van der Waals surface area contributed by atoms with Gasteiger partial charge in [-0.15, -0.1) is 0 Å². The third-order valence-corrected chi connectivity index (χ3v) is 13.6. The topological polar surface area (TPSA) is 29.6 Å². The van der Waals surface area contributed by atoms with Gasteiger partial charge in [-0.2, -0.15) is 0 Å². The Bertz CT molecular complexity index is 872. The summed E-state index contributed by atoms with van der Waals surface area (Å²) in [7, 11) is 0. The van der Waals surface area contributed by atoms with Crippen molar-refractivity contribution in [1.29, 1.82) is 0 Å². The predicted molar refractivity (Wildman–Crippen MR) is 129 cm³/mol. The molecule has 2 heteroatoms. The molecule has 6 aliphatic carbocycles. The first-order chi connectivity index (χ1) is 14.7. The molecule has 0 aromatic rings. The second-order valence-corrected chi connectivity index (χ2v) is 15.5. The summed E-state index contributed by atoms with van der Waals surface area (Å²) >= 11 is 0. The second kappa shape index (κ2) is 5.88. The average Bonchev–Trinajstić information content (AvgIpc) is 3.53. The van der Waals surface area contributed by atoms with Crippen LogP contribution in [0, 0.1) is 50.2 Å². The predicted octanol–water partition coefficient (Wildman–Crippen LogP) is 7.59. The van der Waals surface area contributed by atoms with E-state index < -0.39 is 0 Å². The van der Waals surface area contributed by atoms with E-state index in [0.717, 1.165) is 12.3 Å². The van der Waals surface area contributed by atoms with Gasteiger partial charge in [0.15, 0.2) is 0 Å². The summed E-state index contributed by atoms with van der Waals surface area (Å²) in [5.41, 5.74) is 3.33. The monoisotopic (exact) mass is 440 g/mol. The van der Waals surface area contributed by atoms with Gasteiger partial charge in [0, 0.05) is 12.3 Å². The molecule has 32 heavy (non-hydrogen) atoms. The minimum atomic E-state index is 0.286. The quantitative estimate of drug-likeness (QED) is 0.363. The van der Waals surface area contributed by atoms with Gasteiger partial charge in [0.05, 0.1) is 11.7 Å². The molecule has 2 spiro atoms. The van der Waals surface area contributed by atoms with Crippen LogP contribution in [-0.4, -0.2) is 17.5 Å². The third kappa shape index (κ3) is 2.31. The van der Waals surface area contributed by atoms with Gasteiger partial charge < -0.3 is 4.74 Å². The molecule has 0 N–H and O–H groups in total. The van der Waals surface area contributed by atoms with Gasteiger partial charge in [-0.25, -0.2) is 0 Å². The van der Waals surface area contributed by atoms with Crippen LogP contribution in [0.25, 0.3) is 0 Å². The van der Waals surface area contributed by atoms with Gasteiger partial charge in [0.1, 0.15) is 5.78 Å². The molecule has 6 saturated carbocycles. The second-order valence-electron chi connectivity index (χ2n) is 15.5. The number of ketones is 1. The molecule has 1 heterocycles. The number of Topliss-reactive ketones (excluding diaryl/α,β-unsaturated/α-hetero) is 1. The van der Waals surface area contributed by atoms with Crippen molar-refractivity contribution in [3.63, 3.8) is 0 Å². The number of carbonyl (C=O) groups excluding carboxylic acids is 1. The number of fused-ring (bicyclic) bond motifs is 2. The summed E-state index contributed by atoms with van der Waals surface area (Å²) in [6, 6.07) is 0. The lowest BCUT2D eigenvalue weighted by Gasteiger charge is -2.55. The van der Waals surface area contributed by atoms with Crippen LogP contribution in [0.2, 0.25) is 0 Å². The van der Waals surface area contributed by atoms with Crippen molar-refractivity contribution < 1.29 is 9.53 Å². The maximum atomic E-state index is 12.1. The van der Waals surface area contributed by atoms with Crippen LogP contribution in [0.15, 0.2) is 0 Å². The Hall–Kier alpha value is -0.370. The molecular formula is C30H48O2. The summed E-state index contributed by atoms with van der Waals surface area (Å²) in [6.45, 7) is 19.5. The fourth-order valence-corrected chi connectivity index (χ4v) is 11.6. The number of hydrogen-bond donors (Lipinski definition) is 0. The van der Waals surface area contributed by atoms with Crippen LogP contribution in [0.1, 0.15) is 120 Å². The summed E-state index contributed by atoms with van der Waals surface area (Å²) in [5.74, 6) is 2.46. The van der Waals surface area contributed by atoms with E-state index >= 15 is 0 Å². The van der Waals surface area contributed by atoms with E-state index in [-0.39, 0.29) is 5.60 Å². The number of ether oxygens (including phenoxy) is 1. The number of rotatable bonds is 0. The van der Waals surface area contributed by atoms with Crippen molar-refractivity contribution in [3.8, 4) is 0 Å². The van der Waals surface area contributed by atoms with Gasteiger partial charge >= 0.3 is 0 Å². The van der Waals surface area contributed by atoms with Gasteiger partial charge in [-0.3, -0.25) is 4.79 Å². The Morgan fingerprint density at radius 2 is 1.34 bits per heavy atom. The zero-order valence-electron chi connectivity index (χ0n) is 22.2. The van der Waals surface area contributed by atoms with Crippen molar-refractivity contribution in [1.82, 2.24) is 0 Å². The number of epoxide rings is 1. The summed E-state index contributed by atoms with van der Waals surface area (Å²) < 4.78 is 6.06. The molecule has 0 aromatic heterocycles. The van der Waals surface area contributed by atoms with Gasteiger partial charge in [-0.05, 0) is 96.2 Å². The minimum Gasteiger partial charge on any atom is -0.366 e. The summed E-state index contributed by atoms with van der Waals surface area (Å²) in [6.07, 6.45) is 13.8. The molecule has 2 nitrogen and oxygen atoms in total. The van der Waals surface area contributed by atoms with Crippen molar-refractivity contribution in [3.05, 3.63) is 0 Å². The maximum absolute atomic E-state index is 12.1. The van der Waals surface area contributed by atoms with E-state index in [9.17, 15) is 4.79 Å². The van der Waals surface area contributed by atoms with Gasteiger partial charge in [0.25, 0.3) is 0 Å². The molecule has 0 aromatic carbocycles. The first-order valence-electron chi connectivity index (χ1n) is 13.9. The third-order valence-electron chi connectivity index (χ3n) is 13.6. The molecule has 180 valence electrons. The van der Waals surface area contributed by atoms with E-state index in [0.29, 0.717) is 56.2 Å². The van der Waals surface area contributed by atoms with E-state index in [1.165, 1.54) is 57.8 Å². The van der Waals surface area contributed by atoms with Crippen LogP contribution in [-0.2, 0) is 9.53 Å². The highest BCUT2D eigenvalue weighted by Gasteiger charge is 2.84. The van der Waals surface area contributed by atoms with Gasteiger partial charge in [0.2, 0.25) is 0 Å². The van der Waals surface area contributed by atoms with Crippen molar-refractivity contribution in [2.24, 2.45) is 50.2 Å². The minimum absolute atomic E-state index is 0.286. The number of hydrogen-bond acceptors (Lipinski definition) is 2. The Morgan fingerprint density at radius 3 is 2.00 bits per heavy atom. The molecule has 0 radical (unpaired) electrons. The normalized spacial score (nSPS) is 59.7. The lowest BCUT2D eigenvalue weighted by Crippen LogP contribution is -2.50. The van der Waals surface area contributed by atoms with Crippen molar-refractivity contribution in [2.75, 3.05) is 0 Å². The van der Waals surface area contributed by atoms with Gasteiger partial charge in [-0.1, -0.05) is 61.3 Å². The molecular weight excluding hydrogens is 392 g/mol. The number of carbonyl (C=O) groups is 1. The van der Waals surface area contributed by atoms with E-state index in [2.05, 4.69) is 55.4 Å². The van der Waals surface area contributed by atoms with E-state index in [1.807, 2.05) is 0 Å². The van der Waals surface area contributed by atoms with Crippen LogP contribution in [0.5, 0.6) is 0 Å². The lowest BCUT2D eigenvalue weighted by molar-refractivity contribution is -0.139. The average molecular weight is 441 g/mol. The molecule has 1 aliphatic heterocycles. The smallest absolute Gasteiger partial charge is 0.136 e. The standard InChI is InChI=1S/2C15H24O/c1-12(2)6-5-7-13(3)9-11-14(4,16-11)10-8-15(10,12)13;1-10-11-8-15(11)13(2,3)6-5-7-14(15,4)9-12(10)16/h2*10-11H,5-9H2,1-4H3/t10-,11?,13-,14?,15-;10?,11-,14-,15-/m00/s1. The van der Waals surface area contributed by atoms with E-state index in [1.54, 1.807) is 0 Å². The first kappa shape index (κ1) is 22.1. The maximum Gasteiger partial charge on any atom is 0.136 e. The van der Waals surface area contributed by atoms with Crippen LogP contribution < -0.4 is 0 Å². The fourth-order valence-electron chi connectivity index (χ4n) is 11.6. The highest BCUT2D eigenvalue weighted by molar-refractivity contribution is 5.84. The fraction of sp³-hybridized carbons (Fsp3) is 0.967.